The van der Waals surface area contributed by atoms with Gasteiger partial charge >= 0.3 is 0 Å². The first kappa shape index (κ1) is 20.2. The van der Waals surface area contributed by atoms with Gasteiger partial charge in [0.15, 0.2) is 0 Å². The van der Waals surface area contributed by atoms with E-state index in [1.165, 1.54) is 35.7 Å². The molecule has 0 atom stereocenters. The van der Waals surface area contributed by atoms with Crippen LogP contribution in [0.4, 0.5) is 11.4 Å². The lowest BCUT2D eigenvalue weighted by atomic mass is 10.1. The molecule has 2 aromatic carbocycles. The van der Waals surface area contributed by atoms with E-state index in [9.17, 15) is 9.59 Å². The summed E-state index contributed by atoms with van der Waals surface area (Å²) in [4.78, 5) is 26.9. The average Bonchev–Trinajstić information content (AvgIpc) is 2.78. The Morgan fingerprint density at radius 3 is 2.33 bits per heavy atom. The van der Waals surface area contributed by atoms with Gasteiger partial charge in [-0.15, -0.1) is 0 Å². The molecule has 0 radical (unpaired) electrons. The van der Waals surface area contributed by atoms with Crippen molar-refractivity contribution in [1.29, 1.82) is 0 Å². The maximum absolute atomic E-state index is 12.3. The standard InChI is InChI=1S/C23H23ClN4O2/c24-18-6-8-19(9-7-18)25-22(29)16-28-23(30)13-12-21(26-28)17-4-10-20(11-5-17)27-14-2-1-3-15-27/h4-13H,1-3,14-16H2,(H,25,29). The van der Waals surface area contributed by atoms with Gasteiger partial charge in [-0.05, 0) is 61.7 Å². The summed E-state index contributed by atoms with van der Waals surface area (Å²) in [5.41, 5.74) is 3.05. The molecular weight excluding hydrogens is 400 g/mol. The van der Waals surface area contributed by atoms with Crippen molar-refractivity contribution < 1.29 is 4.79 Å². The Balaban J connectivity index is 1.47. The number of rotatable bonds is 5. The summed E-state index contributed by atoms with van der Waals surface area (Å²) in [7, 11) is 0. The molecule has 1 saturated heterocycles. The highest BCUT2D eigenvalue weighted by atomic mass is 35.5. The fourth-order valence-corrected chi connectivity index (χ4v) is 3.71. The number of nitrogens with one attached hydrogen (secondary N) is 1. The van der Waals surface area contributed by atoms with Crippen LogP contribution in [0.3, 0.4) is 0 Å². The molecule has 1 N–H and O–H groups in total. The van der Waals surface area contributed by atoms with E-state index in [4.69, 9.17) is 11.6 Å². The predicted octanol–water partition coefficient (Wildman–Crippen LogP) is 4.19. The van der Waals surface area contributed by atoms with Crippen LogP contribution in [0, 0.1) is 0 Å². The molecule has 1 fully saturated rings. The quantitative estimate of drug-likeness (QED) is 0.669. The van der Waals surface area contributed by atoms with Gasteiger partial charge in [0.2, 0.25) is 5.91 Å². The SMILES string of the molecule is O=C(Cn1nc(-c2ccc(N3CCCCC3)cc2)ccc1=O)Nc1ccc(Cl)cc1. The zero-order chi connectivity index (χ0) is 20.9. The molecule has 30 heavy (non-hydrogen) atoms. The van der Waals surface area contributed by atoms with E-state index >= 15 is 0 Å². The lowest BCUT2D eigenvalue weighted by Gasteiger charge is -2.28. The molecule has 1 amide bonds. The highest BCUT2D eigenvalue weighted by Crippen LogP contribution is 2.23. The van der Waals surface area contributed by atoms with Crippen LogP contribution in [0.2, 0.25) is 5.02 Å². The average molecular weight is 423 g/mol. The van der Waals surface area contributed by atoms with Crippen molar-refractivity contribution in [3.63, 3.8) is 0 Å². The first-order chi connectivity index (χ1) is 14.6. The summed E-state index contributed by atoms with van der Waals surface area (Å²) in [5.74, 6) is -0.329. The van der Waals surface area contributed by atoms with Crippen LogP contribution in [0.1, 0.15) is 19.3 Å². The van der Waals surface area contributed by atoms with Gasteiger partial charge < -0.3 is 10.2 Å². The van der Waals surface area contributed by atoms with Crippen LogP contribution in [-0.4, -0.2) is 28.8 Å². The van der Waals surface area contributed by atoms with Crippen molar-refractivity contribution in [2.24, 2.45) is 0 Å². The van der Waals surface area contributed by atoms with E-state index in [0.717, 1.165) is 18.7 Å². The zero-order valence-electron chi connectivity index (χ0n) is 16.6. The monoisotopic (exact) mass is 422 g/mol. The van der Waals surface area contributed by atoms with Crippen LogP contribution in [-0.2, 0) is 11.3 Å². The molecule has 154 valence electrons. The third-order valence-corrected chi connectivity index (χ3v) is 5.42. The molecule has 1 aliphatic heterocycles. The van der Waals surface area contributed by atoms with E-state index in [2.05, 4.69) is 27.4 Å². The summed E-state index contributed by atoms with van der Waals surface area (Å²) in [6.07, 6.45) is 3.75. The second-order valence-electron chi connectivity index (χ2n) is 7.36. The van der Waals surface area contributed by atoms with E-state index in [1.807, 2.05) is 12.1 Å². The molecule has 1 aliphatic rings. The molecule has 3 aromatic rings. The van der Waals surface area contributed by atoms with Crippen molar-refractivity contribution in [3.8, 4) is 11.3 Å². The lowest BCUT2D eigenvalue weighted by molar-refractivity contribution is -0.117. The maximum Gasteiger partial charge on any atom is 0.267 e. The molecular formula is C23H23ClN4O2. The Kier molecular flexibility index (Phi) is 6.14. The number of halogens is 1. The second-order valence-corrected chi connectivity index (χ2v) is 7.80. The van der Waals surface area contributed by atoms with Crippen molar-refractivity contribution in [2.45, 2.75) is 25.8 Å². The third-order valence-electron chi connectivity index (χ3n) is 5.17. The number of hydrogen-bond acceptors (Lipinski definition) is 4. The highest BCUT2D eigenvalue weighted by molar-refractivity contribution is 6.30. The Morgan fingerprint density at radius 2 is 1.63 bits per heavy atom. The summed E-state index contributed by atoms with van der Waals surface area (Å²) < 4.78 is 1.18. The number of aromatic nitrogens is 2. The maximum atomic E-state index is 12.3. The van der Waals surface area contributed by atoms with Crippen molar-refractivity contribution in [1.82, 2.24) is 9.78 Å². The van der Waals surface area contributed by atoms with Crippen LogP contribution in [0.25, 0.3) is 11.3 Å². The molecule has 0 unspecified atom stereocenters. The minimum absolute atomic E-state index is 0.166. The number of anilines is 2. The topological polar surface area (TPSA) is 67.2 Å². The number of benzene rings is 2. The number of carbonyl (C=O) groups is 1. The number of amides is 1. The largest absolute Gasteiger partial charge is 0.372 e. The van der Waals surface area contributed by atoms with Crippen LogP contribution >= 0.6 is 11.6 Å². The smallest absolute Gasteiger partial charge is 0.267 e. The molecule has 6 nitrogen and oxygen atoms in total. The molecule has 4 rings (SSSR count). The van der Waals surface area contributed by atoms with Crippen LogP contribution < -0.4 is 15.8 Å². The number of hydrogen-bond donors (Lipinski definition) is 1. The van der Waals surface area contributed by atoms with Gasteiger partial charge in [0.05, 0.1) is 5.69 Å². The van der Waals surface area contributed by atoms with Gasteiger partial charge in [0, 0.05) is 41.1 Å². The molecule has 2 heterocycles. The fraction of sp³-hybridized carbons (Fsp3) is 0.261. The number of nitrogens with zero attached hydrogens (tertiary/aromatic N) is 3. The molecule has 0 saturated carbocycles. The van der Waals surface area contributed by atoms with Gasteiger partial charge in [0.1, 0.15) is 6.54 Å². The van der Waals surface area contributed by atoms with E-state index < -0.39 is 0 Å². The van der Waals surface area contributed by atoms with Gasteiger partial charge in [-0.2, -0.15) is 5.10 Å². The van der Waals surface area contributed by atoms with E-state index in [1.54, 1.807) is 30.3 Å². The summed E-state index contributed by atoms with van der Waals surface area (Å²) in [5, 5.41) is 7.72. The first-order valence-electron chi connectivity index (χ1n) is 10.1. The van der Waals surface area contributed by atoms with Crippen molar-refractivity contribution >= 4 is 28.9 Å². The van der Waals surface area contributed by atoms with Crippen LogP contribution in [0.15, 0.2) is 65.5 Å². The Bertz CT molecular complexity index is 1070. The normalized spacial score (nSPS) is 13.8. The molecule has 0 bridgehead atoms. The molecule has 1 aromatic heterocycles. The van der Waals surface area contributed by atoms with E-state index in [-0.39, 0.29) is 18.0 Å². The Labute approximate surface area is 180 Å². The van der Waals surface area contributed by atoms with Gasteiger partial charge in [0.25, 0.3) is 5.56 Å². The summed E-state index contributed by atoms with van der Waals surface area (Å²) in [6, 6.07) is 18.1. The molecule has 0 spiro atoms. The Hall–Kier alpha value is -3.12. The van der Waals surface area contributed by atoms with E-state index in [0.29, 0.717) is 16.4 Å². The van der Waals surface area contributed by atoms with Gasteiger partial charge in [-0.1, -0.05) is 23.7 Å². The van der Waals surface area contributed by atoms with Crippen LogP contribution in [0.5, 0.6) is 0 Å². The van der Waals surface area contributed by atoms with Gasteiger partial charge in [-0.3, -0.25) is 9.59 Å². The Morgan fingerprint density at radius 1 is 0.933 bits per heavy atom. The van der Waals surface area contributed by atoms with Crippen molar-refractivity contribution in [3.05, 3.63) is 76.0 Å². The predicted molar refractivity (Wildman–Crippen MR) is 120 cm³/mol. The zero-order valence-corrected chi connectivity index (χ0v) is 17.3. The minimum Gasteiger partial charge on any atom is -0.372 e. The summed E-state index contributed by atoms with van der Waals surface area (Å²) >= 11 is 5.86. The lowest BCUT2D eigenvalue weighted by Crippen LogP contribution is -2.29. The second kappa shape index (κ2) is 9.13. The summed E-state index contributed by atoms with van der Waals surface area (Å²) in [6.45, 7) is 2.01. The van der Waals surface area contributed by atoms with Crippen molar-refractivity contribution in [2.75, 3.05) is 23.3 Å². The third kappa shape index (κ3) is 4.89. The van der Waals surface area contributed by atoms with Gasteiger partial charge in [-0.25, -0.2) is 4.68 Å². The highest BCUT2D eigenvalue weighted by Gasteiger charge is 2.12. The molecule has 0 aliphatic carbocycles. The number of piperidine rings is 1. The fourth-order valence-electron chi connectivity index (χ4n) is 3.58. The molecule has 7 heteroatoms. The first-order valence-corrected chi connectivity index (χ1v) is 10.5. The minimum atomic E-state index is -0.329. The number of carbonyl (C=O) groups excluding carboxylic acids is 1.